The minimum absolute atomic E-state index is 0.0380. The van der Waals surface area contributed by atoms with E-state index in [-0.39, 0.29) is 17.1 Å². The van der Waals surface area contributed by atoms with Gasteiger partial charge in [0.2, 0.25) is 10.0 Å². The molecule has 0 fully saturated rings. The zero-order chi connectivity index (χ0) is 22.3. The monoisotopic (exact) mass is 458 g/mol. The summed E-state index contributed by atoms with van der Waals surface area (Å²) in [6.45, 7) is 1.23. The number of aliphatic carboxylic acids is 1. The number of fused-ring (bicyclic) bond motifs is 1. The van der Waals surface area contributed by atoms with E-state index in [2.05, 4.69) is 4.72 Å². The molecule has 0 saturated heterocycles. The first kappa shape index (κ1) is 22.0. The topological polar surface area (TPSA) is 88.4 Å². The quantitative estimate of drug-likeness (QED) is 0.565. The third kappa shape index (κ3) is 4.73. The minimum Gasteiger partial charge on any atom is -0.480 e. The molecule has 6 nitrogen and oxygen atoms in total. The van der Waals surface area contributed by atoms with Gasteiger partial charge in [-0.25, -0.2) is 8.42 Å². The van der Waals surface area contributed by atoms with Crippen molar-refractivity contribution in [3.05, 3.63) is 53.7 Å². The number of nitrogens with zero attached hydrogens (tertiary/aromatic N) is 1. The highest BCUT2D eigenvalue weighted by Crippen LogP contribution is 2.44. The van der Waals surface area contributed by atoms with Crippen molar-refractivity contribution in [3.63, 3.8) is 0 Å². The maximum Gasteiger partial charge on any atom is 0.417 e. The van der Waals surface area contributed by atoms with Crippen LogP contribution in [-0.4, -0.2) is 30.3 Å². The first-order valence-electron chi connectivity index (χ1n) is 8.53. The van der Waals surface area contributed by atoms with Gasteiger partial charge in [-0.3, -0.25) is 9.52 Å². The lowest BCUT2D eigenvalue weighted by Crippen LogP contribution is -2.10. The van der Waals surface area contributed by atoms with Crippen LogP contribution in [0.3, 0.4) is 0 Å². The van der Waals surface area contributed by atoms with E-state index < -0.39 is 27.7 Å². The van der Waals surface area contributed by atoms with Crippen LogP contribution in [0.4, 0.5) is 18.9 Å². The van der Waals surface area contributed by atoms with Crippen LogP contribution in [0.5, 0.6) is 0 Å². The first-order valence-corrected chi connectivity index (χ1v) is 11.2. The Kier molecular flexibility index (Phi) is 5.79. The van der Waals surface area contributed by atoms with Crippen LogP contribution in [0.2, 0.25) is 0 Å². The molecule has 0 saturated carbocycles. The molecule has 11 heteroatoms. The summed E-state index contributed by atoms with van der Waals surface area (Å²) in [5, 5.41) is 9.69. The number of carboxylic acid groups (broad SMARTS) is 1. The highest BCUT2D eigenvalue weighted by molar-refractivity contribution is 7.99. The SMILES string of the molecule is Cc1c(Sc2ccccc2C(F)(F)F)c2cc(NS(C)(=O)=O)ccc2n1CC(=O)O. The highest BCUT2D eigenvalue weighted by atomic mass is 32.2. The number of carboxylic acids is 1. The van der Waals surface area contributed by atoms with Gasteiger partial charge in [-0.15, -0.1) is 0 Å². The number of sulfonamides is 1. The number of aromatic nitrogens is 1. The van der Waals surface area contributed by atoms with Crippen molar-refractivity contribution < 1.29 is 31.5 Å². The second-order valence-corrected chi connectivity index (χ2v) is 9.40. The van der Waals surface area contributed by atoms with Crippen molar-refractivity contribution in [2.45, 2.75) is 29.4 Å². The summed E-state index contributed by atoms with van der Waals surface area (Å²) in [7, 11) is -3.57. The lowest BCUT2D eigenvalue weighted by molar-refractivity contribution is -0.140. The van der Waals surface area contributed by atoms with Crippen molar-refractivity contribution in [2.24, 2.45) is 0 Å². The minimum atomic E-state index is -4.56. The fraction of sp³-hybridized carbons (Fsp3) is 0.211. The van der Waals surface area contributed by atoms with E-state index in [1.807, 2.05) is 0 Å². The fourth-order valence-corrected chi connectivity index (χ4v) is 4.84. The molecule has 3 aromatic rings. The molecule has 0 atom stereocenters. The summed E-state index contributed by atoms with van der Waals surface area (Å²) in [5.41, 5.74) is 0.356. The molecule has 1 aromatic heterocycles. The van der Waals surface area contributed by atoms with E-state index in [1.54, 1.807) is 13.0 Å². The number of nitrogens with one attached hydrogen (secondary N) is 1. The Morgan fingerprint density at radius 2 is 1.87 bits per heavy atom. The third-order valence-electron chi connectivity index (χ3n) is 4.27. The molecule has 0 aliphatic heterocycles. The second-order valence-electron chi connectivity index (χ2n) is 6.60. The van der Waals surface area contributed by atoms with Gasteiger partial charge in [-0.1, -0.05) is 23.9 Å². The number of anilines is 1. The largest absolute Gasteiger partial charge is 0.480 e. The first-order chi connectivity index (χ1) is 13.9. The summed E-state index contributed by atoms with van der Waals surface area (Å²) < 4.78 is 67.2. The summed E-state index contributed by atoms with van der Waals surface area (Å²) in [5.74, 6) is -1.11. The number of rotatable bonds is 6. The molecule has 0 aliphatic rings. The van der Waals surface area contributed by atoms with E-state index in [1.165, 1.54) is 34.9 Å². The summed E-state index contributed by atoms with van der Waals surface area (Å²) in [6, 6.07) is 9.59. The highest BCUT2D eigenvalue weighted by Gasteiger charge is 2.33. The molecule has 1 heterocycles. The summed E-state index contributed by atoms with van der Waals surface area (Å²) in [4.78, 5) is 11.7. The smallest absolute Gasteiger partial charge is 0.417 e. The van der Waals surface area contributed by atoms with E-state index >= 15 is 0 Å². The van der Waals surface area contributed by atoms with E-state index in [0.717, 1.165) is 24.1 Å². The van der Waals surface area contributed by atoms with Gasteiger partial charge in [0.1, 0.15) is 6.54 Å². The van der Waals surface area contributed by atoms with Crippen LogP contribution in [0.15, 0.2) is 52.3 Å². The van der Waals surface area contributed by atoms with Gasteiger partial charge in [0, 0.05) is 26.6 Å². The number of hydrogen-bond donors (Lipinski definition) is 2. The molecular weight excluding hydrogens is 441 g/mol. The van der Waals surface area contributed by atoms with Crippen molar-refractivity contribution >= 4 is 44.3 Å². The van der Waals surface area contributed by atoms with Gasteiger partial charge < -0.3 is 9.67 Å². The molecule has 0 aliphatic carbocycles. The Morgan fingerprint density at radius 1 is 1.20 bits per heavy atom. The molecule has 0 unspecified atom stereocenters. The van der Waals surface area contributed by atoms with Crippen LogP contribution >= 0.6 is 11.8 Å². The van der Waals surface area contributed by atoms with Crippen LogP contribution in [0.25, 0.3) is 10.9 Å². The van der Waals surface area contributed by atoms with Crippen LogP contribution in [0.1, 0.15) is 11.3 Å². The van der Waals surface area contributed by atoms with Crippen LogP contribution in [-0.2, 0) is 27.5 Å². The van der Waals surface area contributed by atoms with Gasteiger partial charge in [0.05, 0.1) is 17.3 Å². The maximum absolute atomic E-state index is 13.4. The average molecular weight is 458 g/mol. The Morgan fingerprint density at radius 3 is 2.47 bits per heavy atom. The number of hydrogen-bond acceptors (Lipinski definition) is 4. The lowest BCUT2D eigenvalue weighted by atomic mass is 10.2. The van der Waals surface area contributed by atoms with Gasteiger partial charge in [0.15, 0.2) is 0 Å². The molecule has 2 aromatic carbocycles. The molecule has 160 valence electrons. The number of carbonyl (C=O) groups is 1. The zero-order valence-electron chi connectivity index (χ0n) is 15.8. The molecule has 30 heavy (non-hydrogen) atoms. The predicted octanol–water partition coefficient (Wildman–Crippen LogP) is 4.58. The fourth-order valence-electron chi connectivity index (χ4n) is 3.10. The molecular formula is C19H17F3N2O4S2. The van der Waals surface area contributed by atoms with Crippen molar-refractivity contribution in [3.8, 4) is 0 Å². The molecule has 0 radical (unpaired) electrons. The standard InChI is InChI=1S/C19H17F3N2O4S2/c1-11-18(29-16-6-4-3-5-14(16)19(20,21)22)13-9-12(23-30(2,27)28)7-8-15(13)24(11)10-17(25)26/h3-9,23H,10H2,1-2H3,(H,25,26). The second kappa shape index (κ2) is 7.88. The van der Waals surface area contributed by atoms with Crippen LogP contribution in [0, 0.1) is 6.92 Å². The van der Waals surface area contributed by atoms with Crippen molar-refractivity contribution in [1.29, 1.82) is 0 Å². The lowest BCUT2D eigenvalue weighted by Gasteiger charge is -2.12. The molecule has 0 amide bonds. The van der Waals surface area contributed by atoms with Crippen molar-refractivity contribution in [1.82, 2.24) is 4.57 Å². The summed E-state index contributed by atoms with van der Waals surface area (Å²) >= 11 is 0.861. The molecule has 0 spiro atoms. The van der Waals surface area contributed by atoms with E-state index in [9.17, 15) is 31.5 Å². The molecule has 2 N–H and O–H groups in total. The van der Waals surface area contributed by atoms with E-state index in [0.29, 0.717) is 21.5 Å². The Bertz CT molecular complexity index is 1230. The van der Waals surface area contributed by atoms with Gasteiger partial charge in [0.25, 0.3) is 0 Å². The van der Waals surface area contributed by atoms with Crippen LogP contribution < -0.4 is 4.72 Å². The Balaban J connectivity index is 2.21. The number of halogens is 3. The summed E-state index contributed by atoms with van der Waals surface area (Å²) in [6.07, 6.45) is -3.58. The zero-order valence-corrected chi connectivity index (χ0v) is 17.5. The molecule has 0 bridgehead atoms. The molecule has 3 rings (SSSR count). The number of alkyl halides is 3. The Labute approximate surface area is 174 Å². The van der Waals surface area contributed by atoms with Crippen molar-refractivity contribution in [2.75, 3.05) is 11.0 Å². The average Bonchev–Trinajstić information content (AvgIpc) is 2.85. The normalized spacial score (nSPS) is 12.3. The Hall–Kier alpha value is -2.66. The predicted molar refractivity (Wildman–Crippen MR) is 108 cm³/mol. The van der Waals surface area contributed by atoms with Gasteiger partial charge in [-0.05, 0) is 37.3 Å². The number of benzene rings is 2. The van der Waals surface area contributed by atoms with Gasteiger partial charge >= 0.3 is 12.1 Å². The maximum atomic E-state index is 13.4. The van der Waals surface area contributed by atoms with Gasteiger partial charge in [-0.2, -0.15) is 13.2 Å². The third-order valence-corrected chi connectivity index (χ3v) is 6.17. The van der Waals surface area contributed by atoms with E-state index in [4.69, 9.17) is 0 Å².